The molecule has 0 bridgehead atoms. The summed E-state index contributed by atoms with van der Waals surface area (Å²) in [4.78, 5) is 10.9. The maximum absolute atomic E-state index is 10.9. The van der Waals surface area contributed by atoms with Crippen LogP contribution in [0.25, 0.3) is 0 Å². The van der Waals surface area contributed by atoms with Gasteiger partial charge >= 0.3 is 0 Å². The van der Waals surface area contributed by atoms with E-state index in [0.717, 1.165) is 26.2 Å². The highest BCUT2D eigenvalue weighted by atomic mass is 16.5. The molecular formula is C7H11NO2. The van der Waals surface area contributed by atoms with Crippen molar-refractivity contribution in [3.8, 4) is 0 Å². The molecule has 3 heteroatoms. The van der Waals surface area contributed by atoms with Crippen molar-refractivity contribution in [2.24, 2.45) is 5.41 Å². The number of piperidine rings is 1. The van der Waals surface area contributed by atoms with Crippen LogP contribution in [0.4, 0.5) is 0 Å². The second kappa shape index (κ2) is 1.95. The first-order chi connectivity index (χ1) is 4.81. The Labute approximate surface area is 59.7 Å². The average molecular weight is 141 g/mol. The van der Waals surface area contributed by atoms with Crippen molar-refractivity contribution >= 4 is 5.91 Å². The third-order valence-corrected chi connectivity index (χ3v) is 2.33. The lowest BCUT2D eigenvalue weighted by Crippen LogP contribution is -2.51. The third-order valence-electron chi connectivity index (χ3n) is 2.33. The number of nitrogens with one attached hydrogen (secondary N) is 1. The number of rotatable bonds is 0. The lowest BCUT2D eigenvalue weighted by molar-refractivity contribution is -0.151. The average Bonchev–Trinajstić information content (AvgIpc) is 1.85. The molecule has 1 amide bonds. The van der Waals surface area contributed by atoms with E-state index < -0.39 is 0 Å². The Kier molecular flexibility index (Phi) is 1.20. The van der Waals surface area contributed by atoms with Crippen molar-refractivity contribution in [3.63, 3.8) is 0 Å². The van der Waals surface area contributed by atoms with Crippen LogP contribution in [0.15, 0.2) is 0 Å². The predicted molar refractivity (Wildman–Crippen MR) is 35.5 cm³/mol. The number of carbonyl (C=O) groups is 1. The minimum Gasteiger partial charge on any atom is -0.380 e. The summed E-state index contributed by atoms with van der Waals surface area (Å²) in [7, 11) is 0. The molecule has 0 aliphatic carbocycles. The molecular weight excluding hydrogens is 130 g/mol. The summed E-state index contributed by atoms with van der Waals surface area (Å²) in [6, 6.07) is 0. The molecule has 10 heavy (non-hydrogen) atoms. The fourth-order valence-electron chi connectivity index (χ4n) is 1.60. The van der Waals surface area contributed by atoms with Crippen LogP contribution in [0.1, 0.15) is 12.8 Å². The highest BCUT2D eigenvalue weighted by Crippen LogP contribution is 2.36. The lowest BCUT2D eigenvalue weighted by Gasteiger charge is -2.43. The van der Waals surface area contributed by atoms with Gasteiger partial charge in [0.2, 0.25) is 5.91 Å². The number of ether oxygens (including phenoxy) is 1. The van der Waals surface area contributed by atoms with Gasteiger partial charge in [-0.2, -0.15) is 0 Å². The Morgan fingerprint density at radius 3 is 2.70 bits per heavy atom. The largest absolute Gasteiger partial charge is 0.380 e. The Bertz CT molecular complexity index is 163. The molecule has 1 spiro atoms. The summed E-state index contributed by atoms with van der Waals surface area (Å²) >= 11 is 0. The molecule has 0 atom stereocenters. The molecule has 0 unspecified atom stereocenters. The molecule has 2 aliphatic heterocycles. The first-order valence-corrected chi connectivity index (χ1v) is 3.65. The Balaban J connectivity index is 2.02. The third kappa shape index (κ3) is 0.814. The lowest BCUT2D eigenvalue weighted by atomic mass is 9.77. The Morgan fingerprint density at radius 2 is 2.30 bits per heavy atom. The van der Waals surface area contributed by atoms with Gasteiger partial charge in [-0.3, -0.25) is 4.79 Å². The van der Waals surface area contributed by atoms with E-state index >= 15 is 0 Å². The minimum absolute atomic E-state index is 0.189. The van der Waals surface area contributed by atoms with Crippen LogP contribution in [0.3, 0.4) is 0 Å². The van der Waals surface area contributed by atoms with Gasteiger partial charge < -0.3 is 10.1 Å². The molecule has 2 aliphatic rings. The second-order valence-corrected chi connectivity index (χ2v) is 3.27. The molecule has 56 valence electrons. The van der Waals surface area contributed by atoms with E-state index in [1.54, 1.807) is 0 Å². The first-order valence-electron chi connectivity index (χ1n) is 3.65. The van der Waals surface area contributed by atoms with Crippen molar-refractivity contribution in [1.29, 1.82) is 0 Å². The van der Waals surface area contributed by atoms with Gasteiger partial charge in [0, 0.05) is 18.4 Å². The van der Waals surface area contributed by atoms with Gasteiger partial charge in [0.25, 0.3) is 0 Å². The standard InChI is InChI=1S/C7H11NO2/c9-6-3-7(1-2-8-6)4-10-5-7/h1-5H2,(H,8,9). The van der Waals surface area contributed by atoms with E-state index in [2.05, 4.69) is 5.32 Å². The van der Waals surface area contributed by atoms with Gasteiger partial charge in [-0.05, 0) is 6.42 Å². The van der Waals surface area contributed by atoms with Gasteiger partial charge in [-0.1, -0.05) is 0 Å². The predicted octanol–water partition coefficient (Wildman–Crippen LogP) is -0.0870. The van der Waals surface area contributed by atoms with Crippen molar-refractivity contribution in [1.82, 2.24) is 5.32 Å². The van der Waals surface area contributed by atoms with Crippen LogP contribution in [0.5, 0.6) is 0 Å². The molecule has 0 radical (unpaired) electrons. The molecule has 0 aromatic rings. The summed E-state index contributed by atoms with van der Waals surface area (Å²) in [5, 5.41) is 2.81. The Morgan fingerprint density at radius 1 is 1.50 bits per heavy atom. The van der Waals surface area contributed by atoms with Crippen molar-refractivity contribution in [2.75, 3.05) is 19.8 Å². The number of hydrogen-bond acceptors (Lipinski definition) is 2. The van der Waals surface area contributed by atoms with Crippen molar-refractivity contribution < 1.29 is 9.53 Å². The molecule has 2 rings (SSSR count). The highest BCUT2D eigenvalue weighted by Gasteiger charge is 2.42. The van der Waals surface area contributed by atoms with Crippen LogP contribution in [0.2, 0.25) is 0 Å². The quantitative estimate of drug-likeness (QED) is 0.512. The topological polar surface area (TPSA) is 38.3 Å². The molecule has 2 heterocycles. The molecule has 1 N–H and O–H groups in total. The number of amides is 1. The number of hydrogen-bond donors (Lipinski definition) is 1. The van der Waals surface area contributed by atoms with Crippen molar-refractivity contribution in [3.05, 3.63) is 0 Å². The van der Waals surface area contributed by atoms with E-state index in [1.807, 2.05) is 0 Å². The highest BCUT2D eigenvalue weighted by molar-refractivity contribution is 5.77. The molecule has 0 saturated carbocycles. The monoisotopic (exact) mass is 141 g/mol. The normalized spacial score (nSPS) is 29.4. The van der Waals surface area contributed by atoms with Crippen LogP contribution in [-0.2, 0) is 9.53 Å². The number of carbonyl (C=O) groups excluding carboxylic acids is 1. The van der Waals surface area contributed by atoms with E-state index in [4.69, 9.17) is 4.74 Å². The fraction of sp³-hybridized carbons (Fsp3) is 0.857. The summed E-state index contributed by atoms with van der Waals surface area (Å²) in [5.41, 5.74) is 0.238. The summed E-state index contributed by atoms with van der Waals surface area (Å²) in [5.74, 6) is 0.189. The smallest absolute Gasteiger partial charge is 0.220 e. The van der Waals surface area contributed by atoms with E-state index in [-0.39, 0.29) is 11.3 Å². The van der Waals surface area contributed by atoms with Gasteiger partial charge in [0.05, 0.1) is 13.2 Å². The molecule has 0 aromatic carbocycles. The zero-order valence-electron chi connectivity index (χ0n) is 5.85. The first kappa shape index (κ1) is 6.16. The van der Waals surface area contributed by atoms with Crippen molar-refractivity contribution in [2.45, 2.75) is 12.8 Å². The van der Waals surface area contributed by atoms with Gasteiger partial charge in [0.1, 0.15) is 0 Å². The summed E-state index contributed by atoms with van der Waals surface area (Å²) in [6.07, 6.45) is 1.77. The maximum Gasteiger partial charge on any atom is 0.220 e. The molecule has 3 nitrogen and oxygen atoms in total. The minimum atomic E-state index is 0.189. The fourth-order valence-corrected chi connectivity index (χ4v) is 1.60. The van der Waals surface area contributed by atoms with Crippen LogP contribution < -0.4 is 5.32 Å². The van der Waals surface area contributed by atoms with E-state index in [0.29, 0.717) is 6.42 Å². The van der Waals surface area contributed by atoms with Gasteiger partial charge in [0.15, 0.2) is 0 Å². The van der Waals surface area contributed by atoms with Gasteiger partial charge in [-0.25, -0.2) is 0 Å². The molecule has 2 saturated heterocycles. The summed E-state index contributed by atoms with van der Waals surface area (Å²) < 4.78 is 5.08. The van der Waals surface area contributed by atoms with Crippen LogP contribution in [0, 0.1) is 5.41 Å². The second-order valence-electron chi connectivity index (χ2n) is 3.27. The zero-order valence-corrected chi connectivity index (χ0v) is 5.85. The summed E-state index contributed by atoms with van der Waals surface area (Å²) in [6.45, 7) is 2.42. The Hall–Kier alpha value is -0.570. The maximum atomic E-state index is 10.9. The molecule has 0 aromatic heterocycles. The molecule has 2 fully saturated rings. The van der Waals surface area contributed by atoms with E-state index in [1.165, 1.54) is 0 Å². The van der Waals surface area contributed by atoms with Crippen LogP contribution in [-0.4, -0.2) is 25.7 Å². The van der Waals surface area contributed by atoms with Crippen LogP contribution >= 0.6 is 0 Å². The zero-order chi connectivity index (χ0) is 7.03. The van der Waals surface area contributed by atoms with Gasteiger partial charge in [-0.15, -0.1) is 0 Å². The van der Waals surface area contributed by atoms with E-state index in [9.17, 15) is 4.79 Å². The SMILES string of the molecule is O=C1CC2(CCN1)COC2.